The molecule has 0 atom stereocenters. The monoisotopic (exact) mass is 274 g/mol. The van der Waals surface area contributed by atoms with E-state index in [1.807, 2.05) is 30.3 Å². The van der Waals surface area contributed by atoms with Crippen LogP contribution in [0.1, 0.15) is 10.6 Å². The summed E-state index contributed by atoms with van der Waals surface area (Å²) in [7, 11) is 0. The molecule has 0 fully saturated rings. The largest absolute Gasteiger partial charge is 0.375 e. The second-order valence-electron chi connectivity index (χ2n) is 4.48. The molecule has 1 aromatic heterocycles. The molecule has 0 aliphatic carbocycles. The summed E-state index contributed by atoms with van der Waals surface area (Å²) in [4.78, 5) is 19.4. The van der Waals surface area contributed by atoms with Gasteiger partial charge >= 0.3 is 0 Å². The first-order valence-electron chi connectivity index (χ1n) is 6.02. The SMILES string of the molecule is Nc1nc2c(s1)CN(CC(=O)Nc1ccccc1)C2. The van der Waals surface area contributed by atoms with Crippen LogP contribution in [0.2, 0.25) is 0 Å². The molecule has 1 amide bonds. The number of anilines is 2. The van der Waals surface area contributed by atoms with Crippen LogP contribution in [-0.2, 0) is 17.9 Å². The van der Waals surface area contributed by atoms with Crippen molar-refractivity contribution >= 4 is 28.1 Å². The van der Waals surface area contributed by atoms with E-state index >= 15 is 0 Å². The Balaban J connectivity index is 1.56. The number of aromatic nitrogens is 1. The Labute approximate surface area is 115 Å². The summed E-state index contributed by atoms with van der Waals surface area (Å²) in [5.41, 5.74) is 7.48. The second-order valence-corrected chi connectivity index (χ2v) is 5.60. The van der Waals surface area contributed by atoms with E-state index in [1.165, 1.54) is 16.2 Å². The van der Waals surface area contributed by atoms with Gasteiger partial charge in [0.1, 0.15) is 0 Å². The molecular formula is C13H14N4OS. The van der Waals surface area contributed by atoms with Crippen LogP contribution < -0.4 is 11.1 Å². The van der Waals surface area contributed by atoms with Gasteiger partial charge in [-0.1, -0.05) is 18.2 Å². The summed E-state index contributed by atoms with van der Waals surface area (Å²) in [6, 6.07) is 9.47. The smallest absolute Gasteiger partial charge is 0.238 e. The van der Waals surface area contributed by atoms with E-state index < -0.39 is 0 Å². The minimum absolute atomic E-state index is 0.00525. The molecule has 1 aromatic carbocycles. The molecule has 2 heterocycles. The zero-order valence-electron chi connectivity index (χ0n) is 10.3. The van der Waals surface area contributed by atoms with Crippen molar-refractivity contribution < 1.29 is 4.79 Å². The van der Waals surface area contributed by atoms with Gasteiger partial charge < -0.3 is 11.1 Å². The van der Waals surface area contributed by atoms with Gasteiger partial charge in [-0.15, -0.1) is 11.3 Å². The molecule has 1 aliphatic rings. The molecule has 0 spiro atoms. The minimum atomic E-state index is -0.00525. The van der Waals surface area contributed by atoms with Gasteiger partial charge in [-0.3, -0.25) is 9.69 Å². The molecule has 0 saturated heterocycles. The van der Waals surface area contributed by atoms with Crippen molar-refractivity contribution in [1.82, 2.24) is 9.88 Å². The molecule has 2 aromatic rings. The van der Waals surface area contributed by atoms with Crippen LogP contribution in [0, 0.1) is 0 Å². The molecule has 0 saturated carbocycles. The van der Waals surface area contributed by atoms with E-state index in [1.54, 1.807) is 0 Å². The quantitative estimate of drug-likeness (QED) is 0.893. The van der Waals surface area contributed by atoms with Gasteiger partial charge in [0.2, 0.25) is 5.91 Å². The number of carbonyl (C=O) groups excluding carboxylic acids is 1. The maximum absolute atomic E-state index is 11.9. The Hall–Kier alpha value is -1.92. The lowest BCUT2D eigenvalue weighted by Gasteiger charge is -2.14. The van der Waals surface area contributed by atoms with Gasteiger partial charge in [-0.2, -0.15) is 0 Å². The molecule has 1 aliphatic heterocycles. The number of amides is 1. The fourth-order valence-electron chi connectivity index (χ4n) is 2.16. The van der Waals surface area contributed by atoms with E-state index in [0.717, 1.165) is 17.9 Å². The summed E-state index contributed by atoms with van der Waals surface area (Å²) >= 11 is 1.50. The Bertz CT molecular complexity index is 572. The maximum atomic E-state index is 11.9. The first-order chi connectivity index (χ1) is 9.20. The van der Waals surface area contributed by atoms with Crippen LogP contribution in [0.5, 0.6) is 0 Å². The predicted octanol–water partition coefficient (Wildman–Crippen LogP) is 1.68. The zero-order chi connectivity index (χ0) is 13.2. The summed E-state index contributed by atoms with van der Waals surface area (Å²) < 4.78 is 0. The van der Waals surface area contributed by atoms with Crippen molar-refractivity contribution in [3.63, 3.8) is 0 Å². The molecule has 3 N–H and O–H groups in total. The lowest BCUT2D eigenvalue weighted by Crippen LogP contribution is -2.29. The van der Waals surface area contributed by atoms with Crippen molar-refractivity contribution in [2.75, 3.05) is 17.6 Å². The summed E-state index contributed by atoms with van der Waals surface area (Å²) in [5, 5.41) is 3.49. The second kappa shape index (κ2) is 4.99. The third-order valence-electron chi connectivity index (χ3n) is 2.96. The number of nitrogens with two attached hydrogens (primary N) is 1. The lowest BCUT2D eigenvalue weighted by molar-refractivity contribution is -0.117. The fourth-order valence-corrected chi connectivity index (χ4v) is 3.04. The highest BCUT2D eigenvalue weighted by Gasteiger charge is 2.24. The highest BCUT2D eigenvalue weighted by Crippen LogP contribution is 2.28. The van der Waals surface area contributed by atoms with Crippen molar-refractivity contribution in [3.8, 4) is 0 Å². The van der Waals surface area contributed by atoms with Gasteiger partial charge in [-0.25, -0.2) is 4.98 Å². The highest BCUT2D eigenvalue weighted by molar-refractivity contribution is 7.15. The van der Waals surface area contributed by atoms with Gasteiger partial charge in [0.15, 0.2) is 5.13 Å². The standard InChI is InChI=1S/C13H14N4OS/c14-13-16-10-6-17(7-11(10)19-13)8-12(18)15-9-4-2-1-3-5-9/h1-5H,6-8H2,(H2,14,16)(H,15,18). The highest BCUT2D eigenvalue weighted by atomic mass is 32.1. The van der Waals surface area contributed by atoms with E-state index in [-0.39, 0.29) is 5.91 Å². The number of hydrogen-bond acceptors (Lipinski definition) is 5. The number of para-hydroxylation sites is 1. The van der Waals surface area contributed by atoms with Crippen LogP contribution in [0.15, 0.2) is 30.3 Å². The topological polar surface area (TPSA) is 71.2 Å². The first kappa shape index (κ1) is 12.1. The average molecular weight is 274 g/mol. The Morgan fingerprint density at radius 3 is 2.89 bits per heavy atom. The number of carbonyl (C=O) groups is 1. The summed E-state index contributed by atoms with van der Waals surface area (Å²) in [5.74, 6) is -0.00525. The number of benzene rings is 1. The number of nitrogens with one attached hydrogen (secondary N) is 1. The van der Waals surface area contributed by atoms with Crippen LogP contribution >= 0.6 is 11.3 Å². The lowest BCUT2D eigenvalue weighted by atomic mass is 10.3. The molecule has 0 bridgehead atoms. The number of rotatable bonds is 3. The minimum Gasteiger partial charge on any atom is -0.375 e. The van der Waals surface area contributed by atoms with Crippen molar-refractivity contribution in [2.45, 2.75) is 13.1 Å². The molecular weight excluding hydrogens is 260 g/mol. The van der Waals surface area contributed by atoms with Crippen molar-refractivity contribution in [2.24, 2.45) is 0 Å². The number of hydrogen-bond donors (Lipinski definition) is 2. The number of nitrogens with zero attached hydrogens (tertiary/aromatic N) is 2. The normalized spacial score (nSPS) is 14.3. The van der Waals surface area contributed by atoms with Crippen molar-refractivity contribution in [3.05, 3.63) is 40.9 Å². The average Bonchev–Trinajstić information content (AvgIpc) is 2.86. The number of fused-ring (bicyclic) bond motifs is 1. The van der Waals surface area contributed by atoms with Crippen LogP contribution in [0.25, 0.3) is 0 Å². The summed E-state index contributed by atoms with van der Waals surface area (Å²) in [6.45, 7) is 1.83. The third-order valence-corrected chi connectivity index (χ3v) is 3.87. The molecule has 0 unspecified atom stereocenters. The zero-order valence-corrected chi connectivity index (χ0v) is 11.1. The number of thiazole rings is 1. The van der Waals surface area contributed by atoms with E-state index in [4.69, 9.17) is 5.73 Å². The van der Waals surface area contributed by atoms with Crippen LogP contribution in [0.4, 0.5) is 10.8 Å². The van der Waals surface area contributed by atoms with E-state index in [0.29, 0.717) is 18.2 Å². The molecule has 0 radical (unpaired) electrons. The van der Waals surface area contributed by atoms with Gasteiger partial charge in [0.25, 0.3) is 0 Å². The van der Waals surface area contributed by atoms with E-state index in [2.05, 4.69) is 15.2 Å². The Kier molecular flexibility index (Phi) is 3.18. The molecule has 98 valence electrons. The molecule has 6 heteroatoms. The van der Waals surface area contributed by atoms with Crippen molar-refractivity contribution in [1.29, 1.82) is 0 Å². The third kappa shape index (κ3) is 2.74. The molecule has 5 nitrogen and oxygen atoms in total. The Morgan fingerprint density at radius 1 is 1.37 bits per heavy atom. The van der Waals surface area contributed by atoms with Gasteiger partial charge in [0, 0.05) is 23.7 Å². The van der Waals surface area contributed by atoms with Crippen LogP contribution in [0.3, 0.4) is 0 Å². The molecule has 3 rings (SSSR count). The number of nitrogen functional groups attached to an aromatic ring is 1. The van der Waals surface area contributed by atoms with E-state index in [9.17, 15) is 4.79 Å². The Morgan fingerprint density at radius 2 is 2.16 bits per heavy atom. The molecule has 19 heavy (non-hydrogen) atoms. The summed E-state index contributed by atoms with van der Waals surface area (Å²) in [6.07, 6.45) is 0. The van der Waals surface area contributed by atoms with Crippen LogP contribution in [-0.4, -0.2) is 22.3 Å². The van der Waals surface area contributed by atoms with Gasteiger partial charge in [-0.05, 0) is 12.1 Å². The maximum Gasteiger partial charge on any atom is 0.238 e. The predicted molar refractivity (Wildman–Crippen MR) is 75.7 cm³/mol. The first-order valence-corrected chi connectivity index (χ1v) is 6.83. The van der Waals surface area contributed by atoms with Gasteiger partial charge in [0.05, 0.1) is 12.2 Å². The fraction of sp³-hybridized carbons (Fsp3) is 0.231.